The Kier molecular flexibility index (Phi) is 5.41. The number of benzene rings is 2. The van der Waals surface area contributed by atoms with E-state index in [1.807, 2.05) is 42.5 Å². The SMILES string of the molecule is COc1ccc(CNCc2cccc(CO)c2)cc1Cl. The van der Waals surface area contributed by atoms with Crippen molar-refractivity contribution in [3.05, 3.63) is 64.2 Å². The number of hydrogen-bond donors (Lipinski definition) is 2. The van der Waals surface area contributed by atoms with Crippen LogP contribution in [0.3, 0.4) is 0 Å². The molecule has 3 nitrogen and oxygen atoms in total. The molecule has 2 aromatic carbocycles. The lowest BCUT2D eigenvalue weighted by molar-refractivity contribution is 0.281. The monoisotopic (exact) mass is 291 g/mol. The molecule has 2 rings (SSSR count). The van der Waals surface area contributed by atoms with Gasteiger partial charge in [0.15, 0.2) is 0 Å². The van der Waals surface area contributed by atoms with Gasteiger partial charge in [0.2, 0.25) is 0 Å². The van der Waals surface area contributed by atoms with Gasteiger partial charge in [0.05, 0.1) is 18.7 Å². The third-order valence-electron chi connectivity index (χ3n) is 3.05. The van der Waals surface area contributed by atoms with E-state index in [0.29, 0.717) is 10.8 Å². The van der Waals surface area contributed by atoms with Crippen LogP contribution in [0.1, 0.15) is 16.7 Å². The molecule has 0 aliphatic rings. The van der Waals surface area contributed by atoms with Gasteiger partial charge in [-0.15, -0.1) is 0 Å². The minimum absolute atomic E-state index is 0.0714. The van der Waals surface area contributed by atoms with E-state index in [1.54, 1.807) is 7.11 Å². The van der Waals surface area contributed by atoms with Gasteiger partial charge in [-0.05, 0) is 28.8 Å². The second-order valence-corrected chi connectivity index (χ2v) is 4.96. The highest BCUT2D eigenvalue weighted by Gasteiger charge is 2.02. The molecule has 0 heterocycles. The molecule has 2 N–H and O–H groups in total. The Morgan fingerprint density at radius 1 is 1.05 bits per heavy atom. The Bertz CT molecular complexity index is 572. The van der Waals surface area contributed by atoms with Crippen LogP contribution in [0.25, 0.3) is 0 Å². The Balaban J connectivity index is 1.90. The van der Waals surface area contributed by atoms with Crippen molar-refractivity contribution >= 4 is 11.6 Å². The van der Waals surface area contributed by atoms with Gasteiger partial charge in [-0.3, -0.25) is 0 Å². The molecule has 106 valence electrons. The average Bonchev–Trinajstić information content (AvgIpc) is 2.48. The molecule has 4 heteroatoms. The van der Waals surface area contributed by atoms with Gasteiger partial charge in [0.25, 0.3) is 0 Å². The summed E-state index contributed by atoms with van der Waals surface area (Å²) in [6.07, 6.45) is 0. The number of halogens is 1. The van der Waals surface area contributed by atoms with Gasteiger partial charge in [-0.2, -0.15) is 0 Å². The summed E-state index contributed by atoms with van der Waals surface area (Å²) in [6, 6.07) is 13.6. The molecule has 0 aliphatic heterocycles. The highest BCUT2D eigenvalue weighted by atomic mass is 35.5. The van der Waals surface area contributed by atoms with E-state index >= 15 is 0 Å². The summed E-state index contributed by atoms with van der Waals surface area (Å²) >= 11 is 6.08. The molecule has 0 aromatic heterocycles. The van der Waals surface area contributed by atoms with Crippen molar-refractivity contribution in [2.24, 2.45) is 0 Å². The molecule has 0 unspecified atom stereocenters. The lowest BCUT2D eigenvalue weighted by Crippen LogP contribution is -2.12. The minimum atomic E-state index is 0.0714. The number of aliphatic hydroxyl groups is 1. The third-order valence-corrected chi connectivity index (χ3v) is 3.34. The van der Waals surface area contributed by atoms with Crippen molar-refractivity contribution in [1.29, 1.82) is 0 Å². The van der Waals surface area contributed by atoms with E-state index in [4.69, 9.17) is 21.4 Å². The van der Waals surface area contributed by atoms with E-state index in [-0.39, 0.29) is 6.61 Å². The fourth-order valence-electron chi connectivity index (χ4n) is 2.01. The molecule has 0 atom stereocenters. The van der Waals surface area contributed by atoms with E-state index in [2.05, 4.69) is 5.32 Å². The van der Waals surface area contributed by atoms with Crippen LogP contribution in [0.4, 0.5) is 0 Å². The number of hydrogen-bond acceptors (Lipinski definition) is 3. The van der Waals surface area contributed by atoms with Crippen LogP contribution in [-0.2, 0) is 19.7 Å². The summed E-state index contributed by atoms with van der Waals surface area (Å²) in [5.41, 5.74) is 3.18. The van der Waals surface area contributed by atoms with Crippen molar-refractivity contribution in [2.75, 3.05) is 7.11 Å². The van der Waals surface area contributed by atoms with Crippen molar-refractivity contribution in [1.82, 2.24) is 5.32 Å². The summed E-state index contributed by atoms with van der Waals surface area (Å²) in [5.74, 6) is 0.686. The van der Waals surface area contributed by atoms with Crippen LogP contribution in [-0.4, -0.2) is 12.2 Å². The minimum Gasteiger partial charge on any atom is -0.495 e. The second-order valence-electron chi connectivity index (χ2n) is 4.55. The van der Waals surface area contributed by atoms with Gasteiger partial charge in [0, 0.05) is 13.1 Å². The fourth-order valence-corrected chi connectivity index (χ4v) is 2.29. The van der Waals surface area contributed by atoms with E-state index in [1.165, 1.54) is 0 Å². The Morgan fingerprint density at radius 3 is 2.40 bits per heavy atom. The number of rotatable bonds is 6. The first-order chi connectivity index (χ1) is 9.72. The number of nitrogens with one attached hydrogen (secondary N) is 1. The summed E-state index contributed by atoms with van der Waals surface area (Å²) in [5, 5.41) is 13.1. The first-order valence-electron chi connectivity index (χ1n) is 6.44. The largest absolute Gasteiger partial charge is 0.495 e. The first-order valence-corrected chi connectivity index (χ1v) is 6.82. The Labute approximate surface area is 124 Å². The quantitative estimate of drug-likeness (QED) is 0.859. The molecule has 2 aromatic rings. The summed E-state index contributed by atoms with van der Waals surface area (Å²) < 4.78 is 5.12. The van der Waals surface area contributed by atoms with Gasteiger partial charge in [-0.1, -0.05) is 41.9 Å². The molecule has 0 saturated heterocycles. The second kappa shape index (κ2) is 7.29. The van der Waals surface area contributed by atoms with Crippen molar-refractivity contribution < 1.29 is 9.84 Å². The molecule has 0 saturated carbocycles. The lowest BCUT2D eigenvalue weighted by atomic mass is 10.1. The normalized spacial score (nSPS) is 10.6. The number of ether oxygens (including phenoxy) is 1. The van der Waals surface area contributed by atoms with E-state index in [0.717, 1.165) is 29.8 Å². The van der Waals surface area contributed by atoms with Gasteiger partial charge < -0.3 is 15.2 Å². The smallest absolute Gasteiger partial charge is 0.137 e. The van der Waals surface area contributed by atoms with E-state index < -0.39 is 0 Å². The first kappa shape index (κ1) is 14.9. The van der Waals surface area contributed by atoms with Crippen LogP contribution in [0, 0.1) is 0 Å². The van der Waals surface area contributed by atoms with Gasteiger partial charge >= 0.3 is 0 Å². The van der Waals surface area contributed by atoms with Crippen LogP contribution in [0.2, 0.25) is 5.02 Å². The Hall–Kier alpha value is -1.55. The molecule has 0 aliphatic carbocycles. The standard InChI is InChI=1S/C16H18ClNO2/c1-20-16-6-5-13(8-15(16)17)10-18-9-12-3-2-4-14(7-12)11-19/h2-8,18-19H,9-11H2,1H3. The average molecular weight is 292 g/mol. The zero-order valence-corrected chi connectivity index (χ0v) is 12.2. The maximum absolute atomic E-state index is 9.10. The Morgan fingerprint density at radius 2 is 1.75 bits per heavy atom. The molecule has 20 heavy (non-hydrogen) atoms. The molecule has 0 bridgehead atoms. The highest BCUT2D eigenvalue weighted by molar-refractivity contribution is 6.32. The third kappa shape index (κ3) is 3.97. The maximum atomic E-state index is 9.10. The highest BCUT2D eigenvalue weighted by Crippen LogP contribution is 2.24. The van der Waals surface area contributed by atoms with Crippen LogP contribution in [0.15, 0.2) is 42.5 Å². The molecular weight excluding hydrogens is 274 g/mol. The molecular formula is C16H18ClNO2. The van der Waals surface area contributed by atoms with Crippen LogP contribution < -0.4 is 10.1 Å². The van der Waals surface area contributed by atoms with Gasteiger partial charge in [0.1, 0.15) is 5.75 Å². The summed E-state index contributed by atoms with van der Waals surface area (Å²) in [4.78, 5) is 0. The molecule has 0 radical (unpaired) electrons. The zero-order valence-electron chi connectivity index (χ0n) is 11.4. The maximum Gasteiger partial charge on any atom is 0.137 e. The number of aliphatic hydroxyl groups excluding tert-OH is 1. The number of methoxy groups -OCH3 is 1. The van der Waals surface area contributed by atoms with Gasteiger partial charge in [-0.25, -0.2) is 0 Å². The molecule has 0 fully saturated rings. The topological polar surface area (TPSA) is 41.5 Å². The predicted molar refractivity (Wildman–Crippen MR) is 80.9 cm³/mol. The molecule has 0 spiro atoms. The van der Waals surface area contributed by atoms with E-state index in [9.17, 15) is 0 Å². The summed E-state index contributed by atoms with van der Waals surface area (Å²) in [7, 11) is 1.60. The van der Waals surface area contributed by atoms with Crippen LogP contribution >= 0.6 is 11.6 Å². The predicted octanol–water partition coefficient (Wildman–Crippen LogP) is 3.13. The fraction of sp³-hybridized carbons (Fsp3) is 0.250. The molecule has 0 amide bonds. The summed E-state index contributed by atoms with van der Waals surface area (Å²) in [6.45, 7) is 1.55. The zero-order chi connectivity index (χ0) is 14.4. The van der Waals surface area contributed by atoms with Crippen molar-refractivity contribution in [3.63, 3.8) is 0 Å². The van der Waals surface area contributed by atoms with Crippen molar-refractivity contribution in [2.45, 2.75) is 19.7 Å². The van der Waals surface area contributed by atoms with Crippen molar-refractivity contribution in [3.8, 4) is 5.75 Å². The van der Waals surface area contributed by atoms with Crippen LogP contribution in [0.5, 0.6) is 5.75 Å². The lowest BCUT2D eigenvalue weighted by Gasteiger charge is -2.08.